The van der Waals surface area contributed by atoms with Crippen molar-refractivity contribution in [2.75, 3.05) is 0 Å². The summed E-state index contributed by atoms with van der Waals surface area (Å²) in [6, 6.07) is 16.6. The van der Waals surface area contributed by atoms with Crippen LogP contribution in [0.4, 0.5) is 4.39 Å². The van der Waals surface area contributed by atoms with Crippen LogP contribution in [0, 0.1) is 12.7 Å². The third kappa shape index (κ3) is 3.06. The van der Waals surface area contributed by atoms with Crippen molar-refractivity contribution >= 4 is 0 Å². The van der Waals surface area contributed by atoms with Gasteiger partial charge in [-0.1, -0.05) is 24.3 Å². The molecule has 0 spiro atoms. The highest BCUT2D eigenvalue weighted by Gasteiger charge is 2.10. The zero-order valence-corrected chi connectivity index (χ0v) is 13.7. The molecule has 0 aliphatic rings. The van der Waals surface area contributed by atoms with Crippen molar-refractivity contribution in [3.8, 4) is 33.8 Å². The predicted octanol–water partition coefficient (Wildman–Crippen LogP) is 5.25. The molecule has 0 aliphatic carbocycles. The van der Waals surface area contributed by atoms with Crippen LogP contribution in [0.15, 0.2) is 73.2 Å². The van der Waals surface area contributed by atoms with E-state index in [-0.39, 0.29) is 5.82 Å². The average molecular weight is 329 g/mol. The number of aromatic nitrogens is 3. The first kappa shape index (κ1) is 15.3. The smallest absolute Gasteiger partial charge is 0.138 e. The minimum absolute atomic E-state index is 0.232. The fourth-order valence-corrected chi connectivity index (χ4v) is 2.84. The third-order valence-corrected chi connectivity index (χ3v) is 4.24. The Labute approximate surface area is 145 Å². The van der Waals surface area contributed by atoms with E-state index in [1.54, 1.807) is 24.5 Å². The molecule has 3 nitrogen and oxygen atoms in total. The molecule has 2 aromatic heterocycles. The van der Waals surface area contributed by atoms with Gasteiger partial charge in [0, 0.05) is 23.5 Å². The van der Waals surface area contributed by atoms with E-state index < -0.39 is 0 Å². The van der Waals surface area contributed by atoms with Crippen LogP contribution in [0.5, 0.6) is 0 Å². The molecule has 0 atom stereocenters. The minimum atomic E-state index is -0.232. The average Bonchev–Trinajstić information content (AvgIpc) is 3.14. The Balaban J connectivity index is 1.74. The minimum Gasteiger partial charge on any atom is -0.338 e. The van der Waals surface area contributed by atoms with Crippen LogP contribution >= 0.6 is 0 Å². The van der Waals surface area contributed by atoms with Crippen LogP contribution in [-0.2, 0) is 0 Å². The lowest BCUT2D eigenvalue weighted by Gasteiger charge is -2.07. The second-order valence-electron chi connectivity index (χ2n) is 5.92. The van der Waals surface area contributed by atoms with Gasteiger partial charge in [0.1, 0.15) is 11.6 Å². The molecule has 0 amide bonds. The Morgan fingerprint density at radius 3 is 2.32 bits per heavy atom. The SMILES string of the molecule is Cc1ccc(-c2ccc(F)cc2)cc1-c1ncc(-c2ccncc2)[nH]1. The highest BCUT2D eigenvalue weighted by atomic mass is 19.1. The highest BCUT2D eigenvalue weighted by molar-refractivity contribution is 5.73. The van der Waals surface area contributed by atoms with Gasteiger partial charge >= 0.3 is 0 Å². The number of hydrogen-bond acceptors (Lipinski definition) is 2. The van der Waals surface area contributed by atoms with E-state index in [0.29, 0.717) is 0 Å². The largest absolute Gasteiger partial charge is 0.338 e. The Morgan fingerprint density at radius 1 is 0.840 bits per heavy atom. The molecule has 25 heavy (non-hydrogen) atoms. The molecule has 0 bridgehead atoms. The van der Waals surface area contributed by atoms with Gasteiger partial charge in [0.15, 0.2) is 0 Å². The van der Waals surface area contributed by atoms with E-state index in [1.165, 1.54) is 12.1 Å². The van der Waals surface area contributed by atoms with Gasteiger partial charge in [-0.2, -0.15) is 0 Å². The van der Waals surface area contributed by atoms with Gasteiger partial charge in [-0.3, -0.25) is 4.98 Å². The summed E-state index contributed by atoms with van der Waals surface area (Å²) < 4.78 is 13.2. The van der Waals surface area contributed by atoms with Gasteiger partial charge in [0.05, 0.1) is 11.9 Å². The Kier molecular flexibility index (Phi) is 3.86. The Hall–Kier alpha value is -3.27. The van der Waals surface area contributed by atoms with Crippen molar-refractivity contribution in [2.24, 2.45) is 0 Å². The highest BCUT2D eigenvalue weighted by Crippen LogP contribution is 2.29. The first-order valence-electron chi connectivity index (χ1n) is 8.03. The molecule has 2 aromatic carbocycles. The van der Waals surface area contributed by atoms with Crippen LogP contribution in [-0.4, -0.2) is 15.0 Å². The summed E-state index contributed by atoms with van der Waals surface area (Å²) in [7, 11) is 0. The Bertz CT molecular complexity index is 1010. The summed E-state index contributed by atoms with van der Waals surface area (Å²) >= 11 is 0. The number of halogens is 1. The molecule has 0 saturated heterocycles. The fraction of sp³-hybridized carbons (Fsp3) is 0.0476. The van der Waals surface area contributed by atoms with Crippen LogP contribution in [0.1, 0.15) is 5.56 Å². The topological polar surface area (TPSA) is 41.6 Å². The van der Waals surface area contributed by atoms with Crippen molar-refractivity contribution in [3.05, 3.63) is 84.6 Å². The molecular formula is C21H16FN3. The number of rotatable bonds is 3. The molecule has 2 heterocycles. The van der Waals surface area contributed by atoms with E-state index in [9.17, 15) is 4.39 Å². The van der Waals surface area contributed by atoms with Crippen molar-refractivity contribution in [2.45, 2.75) is 6.92 Å². The number of nitrogens with one attached hydrogen (secondary N) is 1. The van der Waals surface area contributed by atoms with Crippen molar-refractivity contribution in [1.82, 2.24) is 15.0 Å². The second kappa shape index (κ2) is 6.32. The number of aryl methyl sites for hydroxylation is 1. The van der Waals surface area contributed by atoms with Gasteiger partial charge in [-0.15, -0.1) is 0 Å². The van der Waals surface area contributed by atoms with E-state index in [2.05, 4.69) is 34.0 Å². The lowest BCUT2D eigenvalue weighted by molar-refractivity contribution is 0.628. The Morgan fingerprint density at radius 2 is 1.56 bits per heavy atom. The number of benzene rings is 2. The van der Waals surface area contributed by atoms with Crippen LogP contribution in [0.3, 0.4) is 0 Å². The summed E-state index contributed by atoms with van der Waals surface area (Å²) in [5, 5.41) is 0. The van der Waals surface area contributed by atoms with Gasteiger partial charge in [-0.05, 0) is 53.9 Å². The maximum Gasteiger partial charge on any atom is 0.138 e. The summed E-state index contributed by atoms with van der Waals surface area (Å²) in [5.41, 5.74) is 6.15. The van der Waals surface area contributed by atoms with Gasteiger partial charge in [-0.25, -0.2) is 9.37 Å². The molecule has 4 rings (SSSR count). The summed E-state index contributed by atoms with van der Waals surface area (Å²) in [5.74, 6) is 0.581. The molecule has 0 radical (unpaired) electrons. The monoisotopic (exact) mass is 329 g/mol. The lowest BCUT2D eigenvalue weighted by Crippen LogP contribution is -1.88. The summed E-state index contributed by atoms with van der Waals surface area (Å²) in [6.45, 7) is 2.05. The molecule has 4 heteroatoms. The second-order valence-corrected chi connectivity index (χ2v) is 5.92. The van der Waals surface area contributed by atoms with Crippen LogP contribution < -0.4 is 0 Å². The standard InChI is InChI=1S/C21H16FN3/c1-14-2-3-17(15-4-6-18(22)7-5-15)12-19(14)21-24-13-20(25-21)16-8-10-23-11-9-16/h2-13H,1H3,(H,24,25). The van der Waals surface area contributed by atoms with Gasteiger partial charge in [0.2, 0.25) is 0 Å². The van der Waals surface area contributed by atoms with Crippen molar-refractivity contribution in [1.29, 1.82) is 0 Å². The number of nitrogens with zero attached hydrogens (tertiary/aromatic N) is 2. The number of hydrogen-bond donors (Lipinski definition) is 1. The van der Waals surface area contributed by atoms with E-state index in [1.807, 2.05) is 24.4 Å². The van der Waals surface area contributed by atoms with Crippen molar-refractivity contribution < 1.29 is 4.39 Å². The maximum absolute atomic E-state index is 13.2. The van der Waals surface area contributed by atoms with Gasteiger partial charge in [0.25, 0.3) is 0 Å². The zero-order valence-electron chi connectivity index (χ0n) is 13.7. The summed E-state index contributed by atoms with van der Waals surface area (Å²) in [4.78, 5) is 12.0. The fourth-order valence-electron chi connectivity index (χ4n) is 2.84. The molecule has 4 aromatic rings. The van der Waals surface area contributed by atoms with E-state index >= 15 is 0 Å². The maximum atomic E-state index is 13.2. The van der Waals surface area contributed by atoms with E-state index in [0.717, 1.165) is 39.3 Å². The number of aromatic amines is 1. The molecule has 0 saturated carbocycles. The van der Waals surface area contributed by atoms with E-state index in [4.69, 9.17) is 0 Å². The number of H-pyrrole nitrogens is 1. The summed E-state index contributed by atoms with van der Waals surface area (Å²) in [6.07, 6.45) is 5.35. The number of imidazole rings is 1. The first-order valence-corrected chi connectivity index (χ1v) is 8.03. The molecular weight excluding hydrogens is 313 g/mol. The van der Waals surface area contributed by atoms with Crippen molar-refractivity contribution in [3.63, 3.8) is 0 Å². The normalized spacial score (nSPS) is 10.8. The van der Waals surface area contributed by atoms with Crippen LogP contribution in [0.25, 0.3) is 33.8 Å². The molecule has 122 valence electrons. The molecule has 0 unspecified atom stereocenters. The lowest BCUT2D eigenvalue weighted by atomic mass is 9.99. The quantitative estimate of drug-likeness (QED) is 0.557. The molecule has 0 fully saturated rings. The molecule has 1 N–H and O–H groups in total. The predicted molar refractivity (Wildman–Crippen MR) is 97.4 cm³/mol. The zero-order chi connectivity index (χ0) is 17.2. The first-order chi connectivity index (χ1) is 12.2. The van der Waals surface area contributed by atoms with Crippen LogP contribution in [0.2, 0.25) is 0 Å². The van der Waals surface area contributed by atoms with Gasteiger partial charge < -0.3 is 4.98 Å². The number of pyridine rings is 1. The third-order valence-electron chi connectivity index (χ3n) is 4.24. The molecule has 0 aliphatic heterocycles.